The predicted molar refractivity (Wildman–Crippen MR) is 102 cm³/mol. The molecule has 2 aromatic carbocycles. The van der Waals surface area contributed by atoms with Gasteiger partial charge in [-0.2, -0.15) is 0 Å². The van der Waals surface area contributed by atoms with Crippen molar-refractivity contribution in [1.82, 2.24) is 15.2 Å². The summed E-state index contributed by atoms with van der Waals surface area (Å²) >= 11 is 0. The Morgan fingerprint density at radius 2 is 2.04 bits per heavy atom. The average Bonchev–Trinajstić information content (AvgIpc) is 3.13. The number of phenolic OH excluding ortho intramolecular Hbond substituents is 1. The fraction of sp³-hybridized carbons (Fsp3) is 0.238. The Balaban J connectivity index is 1.81. The first-order valence-electron chi connectivity index (χ1n) is 9.04. The van der Waals surface area contributed by atoms with Gasteiger partial charge in [0.25, 0.3) is 5.91 Å². The molecule has 3 N–H and O–H groups in total. The van der Waals surface area contributed by atoms with Gasteiger partial charge in [-0.15, -0.1) is 0 Å². The molecule has 3 amide bonds. The molecule has 7 heteroatoms. The maximum Gasteiger partial charge on any atom is 0.325 e. The van der Waals surface area contributed by atoms with Crippen LogP contribution in [0.5, 0.6) is 11.5 Å². The van der Waals surface area contributed by atoms with Crippen molar-refractivity contribution in [3.05, 3.63) is 59.3 Å². The molecule has 0 aliphatic carbocycles. The van der Waals surface area contributed by atoms with Gasteiger partial charge in [-0.3, -0.25) is 15.0 Å². The highest BCUT2D eigenvalue weighted by atomic mass is 16.5. The number of hydrogen-bond donors (Lipinski definition) is 3. The minimum absolute atomic E-state index is 0.107. The van der Waals surface area contributed by atoms with Gasteiger partial charge in [0, 0.05) is 23.0 Å². The molecule has 0 unspecified atom stereocenters. The molecule has 0 bridgehead atoms. The molecule has 0 spiro atoms. The number of rotatable bonds is 2. The zero-order valence-electron chi connectivity index (χ0n) is 15.4. The topological polar surface area (TPSA) is 94.7 Å². The first kappa shape index (κ1) is 16.7. The van der Waals surface area contributed by atoms with Crippen LogP contribution in [0.15, 0.2) is 42.5 Å². The number of carbonyl (C=O) groups excluding carboxylic acids is 2. The van der Waals surface area contributed by atoms with Gasteiger partial charge in [0.1, 0.15) is 23.1 Å². The highest BCUT2D eigenvalue weighted by Crippen LogP contribution is 2.47. The van der Waals surface area contributed by atoms with Crippen molar-refractivity contribution >= 4 is 22.8 Å². The van der Waals surface area contributed by atoms with Crippen molar-refractivity contribution in [2.45, 2.75) is 24.9 Å². The third kappa shape index (κ3) is 2.10. The summed E-state index contributed by atoms with van der Waals surface area (Å²) in [4.78, 5) is 30.4. The molecule has 7 nitrogen and oxygen atoms in total. The van der Waals surface area contributed by atoms with E-state index in [0.29, 0.717) is 6.42 Å². The minimum Gasteiger partial charge on any atom is -0.508 e. The number of fused-ring (bicyclic) bond motifs is 4. The molecule has 2 aliphatic heterocycles. The van der Waals surface area contributed by atoms with Crippen LogP contribution in [0.25, 0.3) is 10.9 Å². The quantitative estimate of drug-likeness (QED) is 0.599. The molecule has 5 rings (SSSR count). The van der Waals surface area contributed by atoms with Gasteiger partial charge >= 0.3 is 6.03 Å². The van der Waals surface area contributed by atoms with Crippen LogP contribution in [-0.2, 0) is 11.2 Å². The summed E-state index contributed by atoms with van der Waals surface area (Å²) in [7, 11) is 1.61. The van der Waals surface area contributed by atoms with Gasteiger partial charge in [0.15, 0.2) is 0 Å². The van der Waals surface area contributed by atoms with Crippen LogP contribution in [0.1, 0.15) is 29.8 Å². The standard InChI is InChI=1S/C21H19N3O4/c1-21-10-15-14-9-13(28-2)6-7-16(14)22-17(15)18(11-4-3-5-12(25)8-11)24(21)20(27)23-19(21)26/h3-9,18,22,25H,10H2,1-2H3,(H,23,26,27)/t18-,21+/m1/s1. The van der Waals surface area contributed by atoms with Crippen molar-refractivity contribution in [2.75, 3.05) is 7.11 Å². The number of ether oxygens (including phenoxy) is 1. The number of nitrogens with one attached hydrogen (secondary N) is 2. The number of aromatic hydroxyl groups is 1. The molecular weight excluding hydrogens is 358 g/mol. The number of benzene rings is 2. The average molecular weight is 377 g/mol. The first-order valence-corrected chi connectivity index (χ1v) is 9.04. The summed E-state index contributed by atoms with van der Waals surface area (Å²) in [6.07, 6.45) is 0.391. The van der Waals surface area contributed by atoms with E-state index in [4.69, 9.17) is 4.74 Å². The number of urea groups is 1. The van der Waals surface area contributed by atoms with E-state index in [-0.39, 0.29) is 11.7 Å². The Hall–Kier alpha value is -3.48. The van der Waals surface area contributed by atoms with E-state index in [0.717, 1.165) is 33.5 Å². The Kier molecular flexibility index (Phi) is 3.28. The van der Waals surface area contributed by atoms with E-state index in [1.54, 1.807) is 37.1 Å². The van der Waals surface area contributed by atoms with Crippen molar-refractivity contribution in [3.8, 4) is 11.5 Å². The Morgan fingerprint density at radius 1 is 1.21 bits per heavy atom. The van der Waals surface area contributed by atoms with Crippen LogP contribution in [0.2, 0.25) is 0 Å². The van der Waals surface area contributed by atoms with Crippen LogP contribution < -0.4 is 10.1 Å². The van der Waals surface area contributed by atoms with E-state index in [9.17, 15) is 14.7 Å². The van der Waals surface area contributed by atoms with Gasteiger partial charge in [-0.25, -0.2) is 4.79 Å². The first-order chi connectivity index (χ1) is 13.4. The van der Waals surface area contributed by atoms with Gasteiger partial charge in [-0.05, 0) is 48.4 Å². The Morgan fingerprint density at radius 3 is 2.79 bits per heavy atom. The van der Waals surface area contributed by atoms with Crippen molar-refractivity contribution in [1.29, 1.82) is 0 Å². The Labute approximate surface area is 160 Å². The lowest BCUT2D eigenvalue weighted by Crippen LogP contribution is -2.53. The highest BCUT2D eigenvalue weighted by Gasteiger charge is 2.56. The molecule has 1 aromatic heterocycles. The third-order valence-corrected chi connectivity index (χ3v) is 5.85. The predicted octanol–water partition coefficient (Wildman–Crippen LogP) is 2.84. The molecule has 3 aromatic rings. The number of imide groups is 1. The largest absolute Gasteiger partial charge is 0.508 e. The van der Waals surface area contributed by atoms with E-state index < -0.39 is 17.6 Å². The smallest absolute Gasteiger partial charge is 0.325 e. The molecule has 0 radical (unpaired) electrons. The van der Waals surface area contributed by atoms with Gasteiger partial charge in [-0.1, -0.05) is 12.1 Å². The second-order valence-corrected chi connectivity index (χ2v) is 7.51. The maximum atomic E-state index is 12.7. The molecule has 3 heterocycles. The van der Waals surface area contributed by atoms with E-state index >= 15 is 0 Å². The number of amides is 3. The fourth-order valence-electron chi connectivity index (χ4n) is 4.48. The second-order valence-electron chi connectivity index (χ2n) is 7.51. The second kappa shape index (κ2) is 5.51. The molecule has 2 aliphatic rings. The van der Waals surface area contributed by atoms with Crippen LogP contribution in [-0.4, -0.2) is 39.6 Å². The van der Waals surface area contributed by atoms with Crippen LogP contribution in [0.3, 0.4) is 0 Å². The normalized spacial score (nSPS) is 23.5. The lowest BCUT2D eigenvalue weighted by Gasteiger charge is -2.42. The maximum absolute atomic E-state index is 12.7. The van der Waals surface area contributed by atoms with Crippen molar-refractivity contribution in [2.24, 2.45) is 0 Å². The number of aromatic nitrogens is 1. The number of carbonyl (C=O) groups is 2. The van der Waals surface area contributed by atoms with Crippen LogP contribution >= 0.6 is 0 Å². The molecule has 142 valence electrons. The number of aromatic amines is 1. The lowest BCUT2D eigenvalue weighted by atomic mass is 9.81. The summed E-state index contributed by atoms with van der Waals surface area (Å²) < 4.78 is 5.37. The van der Waals surface area contributed by atoms with Crippen LogP contribution in [0.4, 0.5) is 4.79 Å². The summed E-state index contributed by atoms with van der Waals surface area (Å²) in [5, 5.41) is 13.4. The lowest BCUT2D eigenvalue weighted by molar-refractivity contribution is -0.126. The van der Waals surface area contributed by atoms with Crippen molar-refractivity contribution in [3.63, 3.8) is 0 Å². The number of H-pyrrole nitrogens is 1. The van der Waals surface area contributed by atoms with E-state index in [1.807, 2.05) is 24.3 Å². The molecule has 1 saturated heterocycles. The zero-order valence-corrected chi connectivity index (χ0v) is 15.4. The summed E-state index contributed by atoms with van der Waals surface area (Å²) in [6, 6.07) is 11.6. The zero-order chi connectivity index (χ0) is 19.6. The third-order valence-electron chi connectivity index (χ3n) is 5.85. The molecular formula is C21H19N3O4. The summed E-state index contributed by atoms with van der Waals surface area (Å²) in [5.74, 6) is 0.517. The number of phenols is 1. The number of methoxy groups -OCH3 is 1. The van der Waals surface area contributed by atoms with E-state index in [2.05, 4.69) is 10.3 Å². The molecule has 1 fully saturated rings. The fourth-order valence-corrected chi connectivity index (χ4v) is 4.48. The minimum atomic E-state index is -1.02. The van der Waals surface area contributed by atoms with Gasteiger partial charge in [0.05, 0.1) is 7.11 Å². The van der Waals surface area contributed by atoms with Crippen molar-refractivity contribution < 1.29 is 19.4 Å². The molecule has 28 heavy (non-hydrogen) atoms. The van der Waals surface area contributed by atoms with E-state index in [1.165, 1.54) is 0 Å². The molecule has 2 atom stereocenters. The van der Waals surface area contributed by atoms with Gasteiger partial charge in [0.2, 0.25) is 0 Å². The monoisotopic (exact) mass is 377 g/mol. The number of hydrogen-bond acceptors (Lipinski definition) is 4. The SMILES string of the molecule is COc1ccc2[nH]c3c(c2c1)C[C@@]1(C)C(=O)NC(=O)N1[C@@H]3c1cccc(O)c1. The highest BCUT2D eigenvalue weighted by molar-refractivity contribution is 6.08. The van der Waals surface area contributed by atoms with Crippen LogP contribution in [0, 0.1) is 0 Å². The van der Waals surface area contributed by atoms with Gasteiger partial charge < -0.3 is 14.8 Å². The Bertz CT molecular complexity index is 1150. The number of nitrogens with zero attached hydrogens (tertiary/aromatic N) is 1. The summed E-state index contributed by atoms with van der Waals surface area (Å²) in [6.45, 7) is 1.78. The summed E-state index contributed by atoms with van der Waals surface area (Å²) in [5.41, 5.74) is 2.45. The molecule has 0 saturated carbocycles.